The summed E-state index contributed by atoms with van der Waals surface area (Å²) in [5.74, 6) is -0.0838. The molecule has 0 saturated heterocycles. The summed E-state index contributed by atoms with van der Waals surface area (Å²) in [5, 5.41) is 1.93. The monoisotopic (exact) mass is 556 g/mol. The number of pyridine rings is 2. The third kappa shape index (κ3) is 3.95. The zero-order valence-electron chi connectivity index (χ0n) is 23.2. The molecule has 0 atom stereocenters. The zero-order valence-corrected chi connectivity index (χ0v) is 23.2. The number of carbonyl (C=O) groups excluding carboxylic acids is 2. The van der Waals surface area contributed by atoms with Crippen molar-refractivity contribution in [2.75, 3.05) is 11.9 Å². The third-order valence-corrected chi connectivity index (χ3v) is 8.12. The number of carbonyl (C=O) groups is 2. The van der Waals surface area contributed by atoms with E-state index in [1.54, 1.807) is 16.8 Å². The van der Waals surface area contributed by atoms with E-state index in [9.17, 15) is 9.59 Å². The van der Waals surface area contributed by atoms with Gasteiger partial charge in [-0.2, -0.15) is 0 Å². The first-order valence-corrected chi connectivity index (χ1v) is 14.1. The van der Waals surface area contributed by atoms with Gasteiger partial charge in [0.25, 0.3) is 11.8 Å². The summed E-state index contributed by atoms with van der Waals surface area (Å²) in [6.07, 6.45) is 3.92. The number of fused-ring (bicyclic) bond motifs is 5. The van der Waals surface area contributed by atoms with Crippen LogP contribution in [-0.2, 0) is 0 Å². The molecule has 0 aliphatic carbocycles. The lowest BCUT2D eigenvalue weighted by atomic mass is 10.1. The van der Waals surface area contributed by atoms with Crippen molar-refractivity contribution in [1.29, 1.82) is 0 Å². The molecule has 0 radical (unpaired) electrons. The second-order valence-electron chi connectivity index (χ2n) is 10.7. The molecule has 0 bridgehead atoms. The lowest BCUT2D eigenvalue weighted by Gasteiger charge is -2.18. The second-order valence-corrected chi connectivity index (χ2v) is 10.7. The topological polar surface area (TPSA) is 66.4 Å². The van der Waals surface area contributed by atoms with Gasteiger partial charge >= 0.3 is 0 Å². The van der Waals surface area contributed by atoms with E-state index in [0.717, 1.165) is 61.4 Å². The second kappa shape index (κ2) is 9.60. The first-order chi connectivity index (χ1) is 21.1. The van der Waals surface area contributed by atoms with Crippen LogP contribution in [0.3, 0.4) is 0 Å². The number of benzene rings is 4. The quantitative estimate of drug-likeness (QED) is 0.211. The highest BCUT2D eigenvalue weighted by Crippen LogP contribution is 2.38. The normalized spacial score (nSPS) is 16.1. The SMILES string of the molecule is CN1C(=O)c2ccccc2/C1=C/c1ccc2ccc3ccc(/C=C4/c5ccccc5C(=O)N4c4ccccc4)nc3c2n1. The van der Waals surface area contributed by atoms with Crippen molar-refractivity contribution in [2.45, 2.75) is 0 Å². The highest BCUT2D eigenvalue weighted by Gasteiger charge is 2.33. The molecule has 0 N–H and O–H groups in total. The predicted molar refractivity (Wildman–Crippen MR) is 171 cm³/mol. The molecule has 0 fully saturated rings. The van der Waals surface area contributed by atoms with Crippen LogP contribution >= 0.6 is 0 Å². The molecule has 2 aliphatic rings. The van der Waals surface area contributed by atoms with E-state index in [2.05, 4.69) is 0 Å². The van der Waals surface area contributed by atoms with Crippen LogP contribution < -0.4 is 4.90 Å². The molecule has 2 aliphatic heterocycles. The number of rotatable bonds is 3. The predicted octanol–water partition coefficient (Wildman–Crippen LogP) is 7.53. The van der Waals surface area contributed by atoms with Crippen molar-refractivity contribution in [3.05, 3.63) is 149 Å². The molecule has 8 rings (SSSR count). The Hall–Kier alpha value is -5.88. The summed E-state index contributed by atoms with van der Waals surface area (Å²) < 4.78 is 0. The van der Waals surface area contributed by atoms with Gasteiger partial charge in [0.05, 0.1) is 33.8 Å². The summed E-state index contributed by atoms with van der Waals surface area (Å²) in [6, 6.07) is 37.1. The summed E-state index contributed by atoms with van der Waals surface area (Å²) in [4.78, 5) is 39.8. The van der Waals surface area contributed by atoms with Gasteiger partial charge in [-0.25, -0.2) is 9.97 Å². The number of para-hydroxylation sites is 1. The maximum Gasteiger partial charge on any atom is 0.263 e. The number of nitrogens with zero attached hydrogens (tertiary/aromatic N) is 4. The molecular formula is C37H24N4O2. The summed E-state index contributed by atoms with van der Waals surface area (Å²) in [6.45, 7) is 0. The molecule has 2 amide bonds. The summed E-state index contributed by atoms with van der Waals surface area (Å²) in [7, 11) is 1.79. The van der Waals surface area contributed by atoms with E-state index < -0.39 is 0 Å². The summed E-state index contributed by atoms with van der Waals surface area (Å²) >= 11 is 0. The maximum atomic E-state index is 13.5. The van der Waals surface area contributed by atoms with Gasteiger partial charge in [-0.1, -0.05) is 78.9 Å². The van der Waals surface area contributed by atoms with Crippen molar-refractivity contribution < 1.29 is 9.59 Å². The minimum atomic E-state index is -0.0597. The number of hydrogen-bond donors (Lipinski definition) is 0. The molecule has 6 nitrogen and oxygen atoms in total. The molecule has 0 saturated carbocycles. The lowest BCUT2D eigenvalue weighted by Crippen LogP contribution is -2.22. The Balaban J connectivity index is 1.27. The van der Waals surface area contributed by atoms with Crippen LogP contribution in [0.25, 0.3) is 45.4 Å². The molecule has 43 heavy (non-hydrogen) atoms. The Morgan fingerprint density at radius 3 is 1.58 bits per heavy atom. The molecule has 0 unspecified atom stereocenters. The molecular weight excluding hydrogens is 532 g/mol. The average Bonchev–Trinajstić information content (AvgIpc) is 3.46. The molecule has 6 aromatic rings. The van der Waals surface area contributed by atoms with Gasteiger partial charge < -0.3 is 4.90 Å². The third-order valence-electron chi connectivity index (χ3n) is 8.12. The number of amides is 2. The highest BCUT2D eigenvalue weighted by atomic mass is 16.2. The van der Waals surface area contributed by atoms with Gasteiger partial charge in [-0.15, -0.1) is 0 Å². The average molecular weight is 557 g/mol. The van der Waals surface area contributed by atoms with Gasteiger partial charge in [0.1, 0.15) is 0 Å². The van der Waals surface area contributed by atoms with Crippen LogP contribution in [0.15, 0.2) is 115 Å². The van der Waals surface area contributed by atoms with Crippen LogP contribution in [0.2, 0.25) is 0 Å². The molecule has 0 spiro atoms. The number of hydrogen-bond acceptors (Lipinski definition) is 4. The van der Waals surface area contributed by atoms with Crippen LogP contribution in [0.4, 0.5) is 5.69 Å². The molecule has 4 aromatic carbocycles. The van der Waals surface area contributed by atoms with Gasteiger partial charge in [0, 0.05) is 45.8 Å². The Morgan fingerprint density at radius 2 is 0.977 bits per heavy atom. The Labute approximate surface area is 247 Å². The molecule has 204 valence electrons. The van der Waals surface area contributed by atoms with E-state index in [1.165, 1.54) is 0 Å². The Bertz CT molecular complexity index is 2200. The number of aromatic nitrogens is 2. The van der Waals surface area contributed by atoms with Gasteiger partial charge in [0.2, 0.25) is 0 Å². The van der Waals surface area contributed by atoms with E-state index in [1.807, 2.05) is 127 Å². The van der Waals surface area contributed by atoms with Crippen molar-refractivity contribution in [2.24, 2.45) is 0 Å². The van der Waals surface area contributed by atoms with Crippen LogP contribution in [0.5, 0.6) is 0 Å². The highest BCUT2D eigenvalue weighted by molar-refractivity contribution is 6.24. The van der Waals surface area contributed by atoms with Gasteiger partial charge in [0.15, 0.2) is 0 Å². The summed E-state index contributed by atoms with van der Waals surface area (Å²) in [5.41, 5.74) is 8.54. The minimum Gasteiger partial charge on any atom is -0.311 e. The number of anilines is 1. The van der Waals surface area contributed by atoms with Gasteiger partial charge in [-0.3, -0.25) is 14.5 Å². The molecule has 6 heteroatoms. The Morgan fingerprint density at radius 1 is 0.512 bits per heavy atom. The van der Waals surface area contributed by atoms with Gasteiger partial charge in [-0.05, 0) is 48.6 Å². The largest absolute Gasteiger partial charge is 0.311 e. The van der Waals surface area contributed by atoms with E-state index in [4.69, 9.17) is 9.97 Å². The zero-order chi connectivity index (χ0) is 29.1. The van der Waals surface area contributed by atoms with Crippen molar-refractivity contribution in [3.63, 3.8) is 0 Å². The van der Waals surface area contributed by atoms with Crippen molar-refractivity contribution in [1.82, 2.24) is 14.9 Å². The first kappa shape index (κ1) is 24.9. The minimum absolute atomic E-state index is 0.0241. The van der Waals surface area contributed by atoms with Crippen LogP contribution in [0.1, 0.15) is 43.2 Å². The van der Waals surface area contributed by atoms with E-state index in [0.29, 0.717) is 11.1 Å². The van der Waals surface area contributed by atoms with Crippen molar-refractivity contribution in [3.8, 4) is 0 Å². The smallest absolute Gasteiger partial charge is 0.263 e. The lowest BCUT2D eigenvalue weighted by molar-refractivity contribution is 0.0874. The van der Waals surface area contributed by atoms with Crippen LogP contribution in [-0.4, -0.2) is 33.7 Å². The Kier molecular flexibility index (Phi) is 5.55. The standard InChI is InChI=1S/C37H24N4O2/c1-40-32(28-11-5-7-13-30(28)36(40)42)21-25-19-17-23-15-16-24-18-20-26(39-35(24)34(23)38-25)22-33-29-12-6-8-14-31(29)37(43)41(33)27-9-3-2-4-10-27/h2-22H,1H3/b32-21-,33-22-. The fourth-order valence-electron chi connectivity index (χ4n) is 6.00. The molecule has 2 aromatic heterocycles. The van der Waals surface area contributed by atoms with E-state index in [-0.39, 0.29) is 11.8 Å². The fourth-order valence-corrected chi connectivity index (χ4v) is 6.00. The van der Waals surface area contributed by atoms with E-state index >= 15 is 0 Å². The maximum absolute atomic E-state index is 13.5. The molecule has 4 heterocycles. The fraction of sp³-hybridized carbons (Fsp3) is 0.0270. The first-order valence-electron chi connectivity index (χ1n) is 14.1. The van der Waals surface area contributed by atoms with Crippen LogP contribution in [0, 0.1) is 0 Å². The van der Waals surface area contributed by atoms with Crippen molar-refractivity contribution >= 4 is 62.9 Å².